The highest BCUT2D eigenvalue weighted by molar-refractivity contribution is 5.79. The van der Waals surface area contributed by atoms with Crippen molar-refractivity contribution in [1.29, 1.82) is 0 Å². The summed E-state index contributed by atoms with van der Waals surface area (Å²) in [6, 6.07) is 4.04. The molecule has 2 rings (SSSR count). The number of aromatic nitrogens is 3. The van der Waals surface area contributed by atoms with Crippen LogP contribution in [0.4, 0.5) is 5.82 Å². The molecule has 0 fully saturated rings. The van der Waals surface area contributed by atoms with Gasteiger partial charge in [-0.15, -0.1) is 0 Å². The molecule has 0 bridgehead atoms. The fourth-order valence-electron chi connectivity index (χ4n) is 3.02. The maximum atomic E-state index is 4.59. The van der Waals surface area contributed by atoms with Crippen molar-refractivity contribution in [3.8, 4) is 0 Å². The maximum absolute atomic E-state index is 4.59. The number of nitrogens with zero attached hydrogens (tertiary/aromatic N) is 6. The zero-order valence-electron chi connectivity index (χ0n) is 17.0. The largest absolute Gasteiger partial charge is 0.362 e. The molecule has 7 heteroatoms. The lowest BCUT2D eigenvalue weighted by Crippen LogP contribution is -2.38. The van der Waals surface area contributed by atoms with E-state index in [1.807, 2.05) is 57.1 Å². The SMILES string of the molecule is CN=C(NCc1cccnc1N(C)C)N(C)Cc1cn(C)nc1C(C)C. The van der Waals surface area contributed by atoms with E-state index in [-0.39, 0.29) is 0 Å². The quantitative estimate of drug-likeness (QED) is 0.634. The van der Waals surface area contributed by atoms with E-state index in [2.05, 4.69) is 51.4 Å². The molecule has 7 nitrogen and oxygen atoms in total. The smallest absolute Gasteiger partial charge is 0.193 e. The predicted octanol–water partition coefficient (Wildman–Crippen LogP) is 2.21. The Morgan fingerprint density at radius 2 is 2.00 bits per heavy atom. The Morgan fingerprint density at radius 3 is 2.62 bits per heavy atom. The summed E-state index contributed by atoms with van der Waals surface area (Å²) >= 11 is 0. The van der Waals surface area contributed by atoms with Gasteiger partial charge in [-0.3, -0.25) is 9.67 Å². The highest BCUT2D eigenvalue weighted by Crippen LogP contribution is 2.19. The Bertz CT molecular complexity index is 746. The summed E-state index contributed by atoms with van der Waals surface area (Å²) in [5.74, 6) is 2.21. The molecule has 0 radical (unpaired) electrons. The third kappa shape index (κ3) is 4.74. The van der Waals surface area contributed by atoms with Crippen LogP contribution in [0, 0.1) is 0 Å². The van der Waals surface area contributed by atoms with Crippen molar-refractivity contribution >= 4 is 11.8 Å². The molecule has 142 valence electrons. The molecule has 2 aromatic rings. The molecule has 2 aromatic heterocycles. The summed E-state index contributed by atoms with van der Waals surface area (Å²) in [5.41, 5.74) is 3.50. The molecular weight excluding hydrogens is 326 g/mol. The van der Waals surface area contributed by atoms with Gasteiger partial charge in [-0.05, 0) is 12.0 Å². The lowest BCUT2D eigenvalue weighted by Gasteiger charge is -2.23. The lowest BCUT2D eigenvalue weighted by molar-refractivity contribution is 0.473. The van der Waals surface area contributed by atoms with Crippen LogP contribution in [0.15, 0.2) is 29.5 Å². The van der Waals surface area contributed by atoms with E-state index in [1.165, 1.54) is 5.56 Å². The monoisotopic (exact) mass is 357 g/mol. The normalized spacial score (nSPS) is 11.8. The summed E-state index contributed by atoms with van der Waals surface area (Å²) in [7, 11) is 9.82. The van der Waals surface area contributed by atoms with Crippen LogP contribution < -0.4 is 10.2 Å². The van der Waals surface area contributed by atoms with Gasteiger partial charge in [0.25, 0.3) is 0 Å². The van der Waals surface area contributed by atoms with Crippen molar-refractivity contribution in [1.82, 2.24) is 25.0 Å². The van der Waals surface area contributed by atoms with E-state index in [9.17, 15) is 0 Å². The van der Waals surface area contributed by atoms with Crippen LogP contribution in [0.25, 0.3) is 0 Å². The van der Waals surface area contributed by atoms with Crippen molar-refractivity contribution in [2.75, 3.05) is 33.1 Å². The van der Waals surface area contributed by atoms with E-state index >= 15 is 0 Å². The van der Waals surface area contributed by atoms with Gasteiger partial charge in [-0.25, -0.2) is 4.98 Å². The molecule has 1 N–H and O–H groups in total. The number of anilines is 1. The predicted molar refractivity (Wildman–Crippen MR) is 108 cm³/mol. The third-order valence-electron chi connectivity index (χ3n) is 4.19. The first-order valence-corrected chi connectivity index (χ1v) is 8.88. The molecule has 26 heavy (non-hydrogen) atoms. The first-order valence-electron chi connectivity index (χ1n) is 8.88. The molecule has 0 aromatic carbocycles. The van der Waals surface area contributed by atoms with Crippen LogP contribution in [-0.2, 0) is 20.1 Å². The van der Waals surface area contributed by atoms with Gasteiger partial charge < -0.3 is 15.1 Å². The molecule has 0 spiro atoms. The Morgan fingerprint density at radius 1 is 1.27 bits per heavy atom. The van der Waals surface area contributed by atoms with Crippen molar-refractivity contribution in [3.63, 3.8) is 0 Å². The van der Waals surface area contributed by atoms with E-state index in [0.717, 1.165) is 29.6 Å². The minimum atomic E-state index is 0.396. The second kappa shape index (κ2) is 8.69. The zero-order valence-corrected chi connectivity index (χ0v) is 17.0. The van der Waals surface area contributed by atoms with Gasteiger partial charge in [-0.2, -0.15) is 5.10 Å². The average Bonchev–Trinajstić information content (AvgIpc) is 2.96. The average molecular weight is 358 g/mol. The fraction of sp³-hybridized carbons (Fsp3) is 0.526. The van der Waals surface area contributed by atoms with E-state index in [1.54, 1.807) is 0 Å². The summed E-state index contributed by atoms with van der Waals surface area (Å²) < 4.78 is 1.88. The maximum Gasteiger partial charge on any atom is 0.193 e. The molecule has 0 saturated carbocycles. The van der Waals surface area contributed by atoms with Crippen LogP contribution in [0.5, 0.6) is 0 Å². The standard InChI is InChI=1S/C19H31N7/c1-14(2)17-16(13-26(7)23-17)12-25(6)19(20-3)22-11-15-9-8-10-21-18(15)24(4)5/h8-10,13-14H,11-12H2,1-7H3,(H,20,22). The highest BCUT2D eigenvalue weighted by Gasteiger charge is 2.15. The Kier molecular flexibility index (Phi) is 6.60. The fourth-order valence-corrected chi connectivity index (χ4v) is 3.02. The molecule has 0 unspecified atom stereocenters. The van der Waals surface area contributed by atoms with Crippen molar-refractivity contribution in [2.45, 2.75) is 32.9 Å². The number of rotatable bonds is 6. The minimum Gasteiger partial charge on any atom is -0.362 e. The van der Waals surface area contributed by atoms with Crippen LogP contribution in [0.2, 0.25) is 0 Å². The molecule has 0 amide bonds. The van der Waals surface area contributed by atoms with Gasteiger partial charge in [0.05, 0.1) is 5.69 Å². The van der Waals surface area contributed by atoms with Gasteiger partial charge in [-0.1, -0.05) is 19.9 Å². The summed E-state index contributed by atoms with van der Waals surface area (Å²) in [6.07, 6.45) is 3.90. The summed E-state index contributed by atoms with van der Waals surface area (Å²) in [5, 5.41) is 8.03. The van der Waals surface area contributed by atoms with Crippen LogP contribution in [0.1, 0.15) is 36.6 Å². The van der Waals surface area contributed by atoms with E-state index in [0.29, 0.717) is 12.5 Å². The Hall–Kier alpha value is -2.57. The van der Waals surface area contributed by atoms with Crippen LogP contribution >= 0.6 is 0 Å². The Balaban J connectivity index is 2.08. The lowest BCUT2D eigenvalue weighted by atomic mass is 10.1. The van der Waals surface area contributed by atoms with Gasteiger partial charge in [0.15, 0.2) is 5.96 Å². The first-order chi connectivity index (χ1) is 12.3. The molecule has 0 aliphatic heterocycles. The van der Waals surface area contributed by atoms with E-state index < -0.39 is 0 Å². The molecule has 0 saturated heterocycles. The number of aryl methyl sites for hydroxylation is 1. The zero-order chi connectivity index (χ0) is 19.3. The molecule has 0 atom stereocenters. The topological polar surface area (TPSA) is 61.6 Å². The van der Waals surface area contributed by atoms with Gasteiger partial charge in [0.2, 0.25) is 0 Å². The number of nitrogens with one attached hydrogen (secondary N) is 1. The molecule has 0 aliphatic rings. The second-order valence-electron chi connectivity index (χ2n) is 7.01. The molecular formula is C19H31N7. The number of guanidine groups is 1. The number of hydrogen-bond acceptors (Lipinski definition) is 4. The first kappa shape index (κ1) is 19.8. The van der Waals surface area contributed by atoms with Gasteiger partial charge in [0.1, 0.15) is 5.82 Å². The number of hydrogen-bond donors (Lipinski definition) is 1. The molecule has 0 aliphatic carbocycles. The highest BCUT2D eigenvalue weighted by atomic mass is 15.3. The summed E-state index contributed by atoms with van der Waals surface area (Å²) in [4.78, 5) is 13.0. The third-order valence-corrected chi connectivity index (χ3v) is 4.19. The van der Waals surface area contributed by atoms with Crippen molar-refractivity contribution in [2.24, 2.45) is 12.0 Å². The molecule has 2 heterocycles. The van der Waals surface area contributed by atoms with Crippen molar-refractivity contribution < 1.29 is 0 Å². The van der Waals surface area contributed by atoms with Gasteiger partial charge in [0, 0.05) is 71.8 Å². The van der Waals surface area contributed by atoms with Crippen LogP contribution in [-0.4, -0.2) is 53.8 Å². The number of aliphatic imine (C=N–C) groups is 1. The van der Waals surface area contributed by atoms with Gasteiger partial charge >= 0.3 is 0 Å². The minimum absolute atomic E-state index is 0.396. The van der Waals surface area contributed by atoms with Crippen LogP contribution in [0.3, 0.4) is 0 Å². The second-order valence-corrected chi connectivity index (χ2v) is 7.01. The van der Waals surface area contributed by atoms with Crippen molar-refractivity contribution in [3.05, 3.63) is 41.3 Å². The summed E-state index contributed by atoms with van der Waals surface area (Å²) in [6.45, 7) is 5.77. The number of pyridine rings is 1. The Labute approximate surface area is 156 Å². The van der Waals surface area contributed by atoms with E-state index in [4.69, 9.17) is 0 Å².